The molecule has 48 heavy (non-hydrogen) atoms. The van der Waals surface area contributed by atoms with Crippen LogP contribution in [0.5, 0.6) is 0 Å². The van der Waals surface area contributed by atoms with Crippen LogP contribution < -0.4 is 16.0 Å². The van der Waals surface area contributed by atoms with Crippen molar-refractivity contribution in [3.8, 4) is 0 Å². The number of hydrogen-bond acceptors (Lipinski definition) is 6. The first-order valence-electron chi connectivity index (χ1n) is 17.8. The van der Waals surface area contributed by atoms with Crippen molar-refractivity contribution in [2.75, 3.05) is 31.1 Å². The van der Waals surface area contributed by atoms with Crippen molar-refractivity contribution in [2.24, 2.45) is 5.41 Å². The molecule has 0 aliphatic heterocycles. The topological polar surface area (TPSA) is 108 Å². The molecule has 9 heteroatoms. The van der Waals surface area contributed by atoms with E-state index in [0.717, 1.165) is 50.0 Å². The molecule has 0 saturated carbocycles. The maximum Gasteiger partial charge on any atom is 0.249 e. The van der Waals surface area contributed by atoms with E-state index in [4.69, 9.17) is 0 Å². The van der Waals surface area contributed by atoms with Gasteiger partial charge in [-0.1, -0.05) is 149 Å². The molecule has 0 aliphatic carbocycles. The summed E-state index contributed by atoms with van der Waals surface area (Å²) in [4.78, 5) is 35.9. The fourth-order valence-electron chi connectivity index (χ4n) is 3.40. The molecule has 1 atom stereocenters. The highest BCUT2D eigenvalue weighted by molar-refractivity contribution is 8.76. The van der Waals surface area contributed by atoms with E-state index in [1.807, 2.05) is 32.9 Å². The molecule has 0 unspecified atom stereocenters. The Bertz CT molecular complexity index is 986. The Morgan fingerprint density at radius 3 is 1.44 bits per heavy atom. The third-order valence-electron chi connectivity index (χ3n) is 7.05. The minimum atomic E-state index is -1.09. The van der Waals surface area contributed by atoms with E-state index < -0.39 is 17.4 Å². The molecule has 4 N–H and O–H groups in total. The molecule has 0 saturated heterocycles. The summed E-state index contributed by atoms with van der Waals surface area (Å²) >= 11 is 0. The molecule has 0 spiro atoms. The second kappa shape index (κ2) is 35.8. The Morgan fingerprint density at radius 2 is 1.02 bits per heavy atom. The molecule has 0 radical (unpaired) electrons. The summed E-state index contributed by atoms with van der Waals surface area (Å²) in [5, 5.41) is 18.4. The van der Waals surface area contributed by atoms with Gasteiger partial charge < -0.3 is 21.1 Å². The molecule has 3 amide bonds. The van der Waals surface area contributed by atoms with Crippen molar-refractivity contribution in [3.63, 3.8) is 0 Å². The van der Waals surface area contributed by atoms with E-state index in [2.05, 4.69) is 97.5 Å². The first-order chi connectivity index (χ1) is 23.2. The predicted octanol–water partition coefficient (Wildman–Crippen LogP) is 8.80. The maximum atomic E-state index is 12.0. The van der Waals surface area contributed by atoms with E-state index in [1.165, 1.54) is 12.8 Å². The molecule has 7 nitrogen and oxygen atoms in total. The largest absolute Gasteiger partial charge is 0.383 e. The Hall–Kier alpha value is -2.49. The predicted molar refractivity (Wildman–Crippen MR) is 212 cm³/mol. The molecule has 0 rings (SSSR count). The van der Waals surface area contributed by atoms with E-state index in [-0.39, 0.29) is 24.8 Å². The maximum absolute atomic E-state index is 12.0. The van der Waals surface area contributed by atoms with Gasteiger partial charge in [-0.05, 0) is 50.4 Å². The van der Waals surface area contributed by atoms with Crippen LogP contribution in [0, 0.1) is 5.41 Å². The molecule has 0 heterocycles. The van der Waals surface area contributed by atoms with Crippen molar-refractivity contribution in [2.45, 2.75) is 118 Å². The molecular weight excluding hydrogens is 639 g/mol. The van der Waals surface area contributed by atoms with Crippen molar-refractivity contribution >= 4 is 39.3 Å². The van der Waals surface area contributed by atoms with Crippen molar-refractivity contribution < 1.29 is 19.5 Å². The Balaban J connectivity index is 0. The smallest absolute Gasteiger partial charge is 0.249 e. The first-order valence-corrected chi connectivity index (χ1v) is 20.3. The Morgan fingerprint density at radius 1 is 0.604 bits per heavy atom. The van der Waals surface area contributed by atoms with Crippen LogP contribution in [0.15, 0.2) is 72.9 Å². The normalized spacial score (nSPS) is 12.8. The number of rotatable bonds is 27. The van der Waals surface area contributed by atoms with Gasteiger partial charge in [0.25, 0.3) is 0 Å². The Labute approximate surface area is 301 Å². The van der Waals surface area contributed by atoms with Crippen LogP contribution in [0.25, 0.3) is 0 Å². The van der Waals surface area contributed by atoms with Crippen molar-refractivity contribution in [1.82, 2.24) is 16.0 Å². The number of carbonyl (C=O) groups excluding carboxylic acids is 3. The van der Waals surface area contributed by atoms with E-state index in [0.29, 0.717) is 25.9 Å². The minimum absolute atomic E-state index is 0.0146. The summed E-state index contributed by atoms with van der Waals surface area (Å²) in [6.07, 6.45) is 34.2. The first kappa shape index (κ1) is 47.6. The summed E-state index contributed by atoms with van der Waals surface area (Å²) in [7, 11) is 3.29. The van der Waals surface area contributed by atoms with Gasteiger partial charge in [-0.15, -0.1) is 0 Å². The lowest BCUT2D eigenvalue weighted by Gasteiger charge is -2.28. The summed E-state index contributed by atoms with van der Waals surface area (Å²) in [5.41, 5.74) is -0.501. The van der Waals surface area contributed by atoms with Crippen molar-refractivity contribution in [1.29, 1.82) is 0 Å². The SMILES string of the molecule is CC/C=C\C/C=C\C/C=C\C/C=C\C/C=C\C/C=C\CC(=O)NCCSSCCNC(=O)CCNC(=O)[C@H](O)C(C)(C)CC.CCCC. The van der Waals surface area contributed by atoms with E-state index in [1.54, 1.807) is 21.6 Å². The fourth-order valence-corrected chi connectivity index (χ4v) is 5.21. The third kappa shape index (κ3) is 33.4. The zero-order valence-corrected chi connectivity index (χ0v) is 32.4. The van der Waals surface area contributed by atoms with Gasteiger partial charge >= 0.3 is 0 Å². The van der Waals surface area contributed by atoms with Gasteiger partial charge in [0, 0.05) is 44.0 Å². The third-order valence-corrected chi connectivity index (χ3v) is 9.46. The highest BCUT2D eigenvalue weighted by Gasteiger charge is 2.31. The van der Waals surface area contributed by atoms with Crippen LogP contribution in [-0.4, -0.2) is 60.1 Å². The lowest BCUT2D eigenvalue weighted by atomic mass is 9.83. The average Bonchev–Trinajstić information content (AvgIpc) is 3.08. The highest BCUT2D eigenvalue weighted by atomic mass is 33.1. The number of hydrogen-bond donors (Lipinski definition) is 4. The number of aliphatic hydroxyl groups is 1. The molecule has 0 fully saturated rings. The van der Waals surface area contributed by atoms with Crippen LogP contribution in [0.3, 0.4) is 0 Å². The fraction of sp³-hybridized carbons (Fsp3) is 0.615. The molecule has 0 bridgehead atoms. The zero-order chi connectivity index (χ0) is 36.1. The standard InChI is InChI=1S/C35H57N3O4S2.C4H10/c1-5-7-8-9-10-11-12-13-14-15-16-17-18-19-20-21-22-23-24-31(39)36-27-29-43-44-30-28-37-32(40)25-26-38-34(42)33(41)35(3,4)6-2;1-3-4-2/h7-8,10-11,13-14,16-17,19-20,22-23,33,41H,5-6,9,12,15,18,21,24-30H2,1-4H3,(H,36,39)(H,37,40)(H,38,42);3-4H2,1-2H3/b8-7-,11-10-,14-13-,17-16-,20-19-,23-22-;/t33-;/m0./s1. The number of nitrogens with one attached hydrogen (secondary N) is 3. The van der Waals surface area contributed by atoms with Gasteiger partial charge in [-0.3, -0.25) is 14.4 Å². The van der Waals surface area contributed by atoms with Crippen LogP contribution in [-0.2, 0) is 14.4 Å². The van der Waals surface area contributed by atoms with Crippen LogP contribution in [0.4, 0.5) is 0 Å². The lowest BCUT2D eigenvalue weighted by Crippen LogP contribution is -2.44. The quantitative estimate of drug-likeness (QED) is 0.0387. The number of unbranched alkanes of at least 4 members (excludes halogenated alkanes) is 1. The minimum Gasteiger partial charge on any atom is -0.383 e. The zero-order valence-electron chi connectivity index (χ0n) is 30.8. The monoisotopic (exact) mass is 705 g/mol. The van der Waals surface area contributed by atoms with Gasteiger partial charge in [-0.2, -0.15) is 0 Å². The van der Waals surface area contributed by atoms with Gasteiger partial charge in [0.15, 0.2) is 0 Å². The molecule has 0 aromatic heterocycles. The number of aliphatic hydroxyl groups excluding tert-OH is 1. The van der Waals surface area contributed by atoms with Crippen LogP contribution >= 0.6 is 21.6 Å². The van der Waals surface area contributed by atoms with Gasteiger partial charge in [0.05, 0.1) is 0 Å². The molecule has 274 valence electrons. The summed E-state index contributed by atoms with van der Waals surface area (Å²) in [5.74, 6) is 0.971. The lowest BCUT2D eigenvalue weighted by molar-refractivity contribution is -0.135. The summed E-state index contributed by atoms with van der Waals surface area (Å²) in [6.45, 7) is 13.4. The summed E-state index contributed by atoms with van der Waals surface area (Å²) < 4.78 is 0. The molecule has 0 aromatic carbocycles. The summed E-state index contributed by atoms with van der Waals surface area (Å²) in [6, 6.07) is 0. The number of allylic oxidation sites excluding steroid dienone is 11. The van der Waals surface area contributed by atoms with Crippen LogP contribution in [0.2, 0.25) is 0 Å². The second-order valence-electron chi connectivity index (χ2n) is 11.7. The van der Waals surface area contributed by atoms with E-state index in [9.17, 15) is 19.5 Å². The van der Waals surface area contributed by atoms with Gasteiger partial charge in [0.2, 0.25) is 17.7 Å². The Kier molecular flexibility index (Phi) is 35.5. The van der Waals surface area contributed by atoms with E-state index >= 15 is 0 Å². The van der Waals surface area contributed by atoms with Gasteiger partial charge in [0.1, 0.15) is 6.10 Å². The number of carbonyl (C=O) groups is 3. The van der Waals surface area contributed by atoms with Gasteiger partial charge in [-0.25, -0.2) is 0 Å². The van der Waals surface area contributed by atoms with Crippen molar-refractivity contribution in [3.05, 3.63) is 72.9 Å². The highest BCUT2D eigenvalue weighted by Crippen LogP contribution is 2.24. The average molecular weight is 706 g/mol. The molecule has 0 aliphatic rings. The molecule has 0 aromatic rings. The van der Waals surface area contributed by atoms with Crippen LogP contribution in [0.1, 0.15) is 112 Å². The molecular formula is C39H67N3O4S2. The second-order valence-corrected chi connectivity index (χ2v) is 14.5. The number of amides is 3.